The molecule has 0 unspecified atom stereocenters. The molecule has 0 radical (unpaired) electrons. The van der Waals surface area contributed by atoms with Crippen LogP contribution in [-0.2, 0) is 16.3 Å². The summed E-state index contributed by atoms with van der Waals surface area (Å²) in [6.07, 6.45) is 3.79. The molecule has 0 aliphatic heterocycles. The van der Waals surface area contributed by atoms with Gasteiger partial charge in [-0.3, -0.25) is 4.99 Å². The fourth-order valence-electron chi connectivity index (χ4n) is 3.12. The highest BCUT2D eigenvalue weighted by molar-refractivity contribution is 14.0. The van der Waals surface area contributed by atoms with Crippen LogP contribution in [0.4, 0.5) is 4.39 Å². The zero-order valence-corrected chi connectivity index (χ0v) is 21.2. The minimum atomic E-state index is -3.21. The molecular formula is C22H28FIN4O3S. The maximum absolute atomic E-state index is 13.3. The van der Waals surface area contributed by atoms with Crippen LogP contribution in [0.3, 0.4) is 0 Å². The molecule has 0 saturated carbocycles. The topological polar surface area (TPSA) is 95.6 Å². The Bertz CT molecular complexity index is 1150. The van der Waals surface area contributed by atoms with Crippen LogP contribution in [0.25, 0.3) is 10.9 Å². The number of aliphatic imine (C=N–C) groups is 1. The number of guanidine groups is 1. The molecule has 0 atom stereocenters. The Balaban J connectivity index is 0.00000363. The molecule has 0 fully saturated rings. The van der Waals surface area contributed by atoms with Gasteiger partial charge in [0.2, 0.25) is 0 Å². The molecular weight excluding hydrogens is 546 g/mol. The van der Waals surface area contributed by atoms with Gasteiger partial charge in [0.1, 0.15) is 18.2 Å². The highest BCUT2D eigenvalue weighted by Crippen LogP contribution is 2.19. The van der Waals surface area contributed by atoms with E-state index < -0.39 is 9.84 Å². The summed E-state index contributed by atoms with van der Waals surface area (Å²) < 4.78 is 42.0. The minimum Gasteiger partial charge on any atom is -0.492 e. The van der Waals surface area contributed by atoms with E-state index in [1.807, 2.05) is 13.1 Å². The van der Waals surface area contributed by atoms with Gasteiger partial charge in [-0.15, -0.1) is 24.0 Å². The first-order valence-electron chi connectivity index (χ1n) is 10.1. The summed E-state index contributed by atoms with van der Waals surface area (Å²) in [6, 6.07) is 11.1. The van der Waals surface area contributed by atoms with Crippen molar-refractivity contribution < 1.29 is 17.5 Å². The quantitative estimate of drug-likeness (QED) is 0.158. The van der Waals surface area contributed by atoms with E-state index in [1.54, 1.807) is 18.2 Å². The van der Waals surface area contributed by atoms with Crippen LogP contribution < -0.4 is 15.4 Å². The predicted octanol–water partition coefficient (Wildman–Crippen LogP) is 3.51. The second-order valence-electron chi connectivity index (χ2n) is 7.03. The third-order valence-electron chi connectivity index (χ3n) is 4.64. The number of rotatable bonds is 9. The smallest absolute Gasteiger partial charge is 0.191 e. The fourth-order valence-corrected chi connectivity index (χ4v) is 3.75. The number of benzene rings is 2. The second-order valence-corrected chi connectivity index (χ2v) is 9.05. The number of hydrogen-bond acceptors (Lipinski definition) is 4. The van der Waals surface area contributed by atoms with Crippen molar-refractivity contribution in [2.75, 3.05) is 32.5 Å². The van der Waals surface area contributed by atoms with Crippen LogP contribution in [-0.4, -0.2) is 51.9 Å². The van der Waals surface area contributed by atoms with E-state index in [0.717, 1.165) is 29.4 Å². The van der Waals surface area contributed by atoms with Crippen molar-refractivity contribution in [3.05, 3.63) is 60.0 Å². The molecule has 1 heterocycles. The van der Waals surface area contributed by atoms with Gasteiger partial charge in [0, 0.05) is 36.4 Å². The van der Waals surface area contributed by atoms with E-state index in [0.29, 0.717) is 31.4 Å². The van der Waals surface area contributed by atoms with Crippen molar-refractivity contribution in [2.24, 2.45) is 4.99 Å². The van der Waals surface area contributed by atoms with E-state index in [4.69, 9.17) is 4.74 Å². The Hall–Kier alpha value is -2.34. The maximum Gasteiger partial charge on any atom is 0.191 e. The lowest BCUT2D eigenvalue weighted by molar-refractivity contribution is 0.321. The van der Waals surface area contributed by atoms with Crippen LogP contribution in [0.5, 0.6) is 5.75 Å². The normalized spacial score (nSPS) is 11.8. The van der Waals surface area contributed by atoms with Gasteiger partial charge in [-0.1, -0.05) is 0 Å². The Morgan fingerprint density at radius 3 is 2.59 bits per heavy atom. The van der Waals surface area contributed by atoms with Crippen molar-refractivity contribution in [3.63, 3.8) is 0 Å². The average molecular weight is 574 g/mol. The molecule has 0 bridgehead atoms. The Morgan fingerprint density at radius 1 is 1.16 bits per heavy atom. The van der Waals surface area contributed by atoms with Crippen LogP contribution in [0, 0.1) is 5.82 Å². The monoisotopic (exact) mass is 574 g/mol. The first-order chi connectivity index (χ1) is 14.9. The standard InChI is InChI=1S/C22H27FN4O3S.HI/c1-3-24-22(25-11-10-16-15-27-21-14-17(23)4-9-20(16)21)26-12-13-30-18-5-7-19(8-6-18)31(2,28)29;/h4-9,14-15,27H,3,10-13H2,1-2H3,(H2,24,25,26);1H. The van der Waals surface area contributed by atoms with E-state index in [2.05, 4.69) is 20.6 Å². The van der Waals surface area contributed by atoms with Gasteiger partial charge in [0.25, 0.3) is 0 Å². The zero-order valence-electron chi connectivity index (χ0n) is 18.0. The van der Waals surface area contributed by atoms with Gasteiger partial charge in [0.05, 0.1) is 11.4 Å². The van der Waals surface area contributed by atoms with Crippen molar-refractivity contribution in [1.82, 2.24) is 15.6 Å². The second kappa shape index (κ2) is 12.0. The van der Waals surface area contributed by atoms with Gasteiger partial charge in [-0.25, -0.2) is 12.8 Å². The molecule has 0 spiro atoms. The summed E-state index contributed by atoms with van der Waals surface area (Å²) in [5, 5.41) is 7.41. The van der Waals surface area contributed by atoms with Crippen LogP contribution in [0.15, 0.2) is 58.5 Å². The largest absolute Gasteiger partial charge is 0.492 e. The number of nitrogens with one attached hydrogen (secondary N) is 3. The number of ether oxygens (including phenoxy) is 1. The van der Waals surface area contributed by atoms with E-state index >= 15 is 0 Å². The summed E-state index contributed by atoms with van der Waals surface area (Å²) in [4.78, 5) is 7.94. The zero-order chi connectivity index (χ0) is 22.3. The number of hydrogen-bond donors (Lipinski definition) is 3. The summed E-state index contributed by atoms with van der Waals surface area (Å²) in [6.45, 7) is 4.23. The highest BCUT2D eigenvalue weighted by Gasteiger charge is 2.07. The number of fused-ring (bicyclic) bond motifs is 1. The van der Waals surface area contributed by atoms with Gasteiger partial charge in [-0.05, 0) is 61.4 Å². The molecule has 7 nitrogen and oxygen atoms in total. The van der Waals surface area contributed by atoms with Crippen LogP contribution in [0.1, 0.15) is 12.5 Å². The number of aromatic amines is 1. The van der Waals surface area contributed by atoms with Gasteiger partial charge in [-0.2, -0.15) is 0 Å². The highest BCUT2D eigenvalue weighted by atomic mass is 127. The first kappa shape index (κ1) is 25.9. The van der Waals surface area contributed by atoms with Crippen LogP contribution in [0.2, 0.25) is 0 Å². The molecule has 0 aliphatic carbocycles. The third-order valence-corrected chi connectivity index (χ3v) is 5.77. The first-order valence-corrected chi connectivity index (χ1v) is 12.0. The summed E-state index contributed by atoms with van der Waals surface area (Å²) >= 11 is 0. The summed E-state index contributed by atoms with van der Waals surface area (Å²) in [7, 11) is -3.21. The average Bonchev–Trinajstić information content (AvgIpc) is 3.12. The molecule has 0 amide bonds. The molecule has 0 aliphatic rings. The molecule has 3 rings (SSSR count). The number of nitrogens with zero attached hydrogens (tertiary/aromatic N) is 1. The Morgan fingerprint density at radius 2 is 1.91 bits per heavy atom. The summed E-state index contributed by atoms with van der Waals surface area (Å²) in [5.74, 6) is 1.03. The van der Waals surface area contributed by atoms with Crippen molar-refractivity contribution >= 4 is 50.7 Å². The van der Waals surface area contributed by atoms with Crippen LogP contribution >= 0.6 is 24.0 Å². The van der Waals surface area contributed by atoms with E-state index in [9.17, 15) is 12.8 Å². The Kier molecular flexibility index (Phi) is 9.76. The summed E-state index contributed by atoms with van der Waals surface area (Å²) in [5.41, 5.74) is 1.88. The molecule has 0 saturated heterocycles. The third kappa shape index (κ3) is 7.37. The maximum atomic E-state index is 13.3. The van der Waals surface area contributed by atoms with Gasteiger partial charge in [0.15, 0.2) is 15.8 Å². The molecule has 32 heavy (non-hydrogen) atoms. The lowest BCUT2D eigenvalue weighted by Gasteiger charge is -2.12. The number of H-pyrrole nitrogens is 1. The van der Waals surface area contributed by atoms with Crippen molar-refractivity contribution in [2.45, 2.75) is 18.2 Å². The number of halogens is 2. The minimum absolute atomic E-state index is 0. The molecule has 3 N–H and O–H groups in total. The van der Waals surface area contributed by atoms with Crippen molar-refractivity contribution in [1.29, 1.82) is 0 Å². The molecule has 1 aromatic heterocycles. The Labute approximate surface area is 204 Å². The van der Waals surface area contributed by atoms with E-state index in [-0.39, 0.29) is 34.7 Å². The lowest BCUT2D eigenvalue weighted by Crippen LogP contribution is -2.39. The molecule has 3 aromatic rings. The molecule has 10 heteroatoms. The van der Waals surface area contributed by atoms with Gasteiger partial charge < -0.3 is 20.4 Å². The fraction of sp³-hybridized carbons (Fsp3) is 0.318. The van der Waals surface area contributed by atoms with Gasteiger partial charge >= 0.3 is 0 Å². The SMILES string of the molecule is CCNC(=NCCc1c[nH]c2cc(F)ccc12)NCCOc1ccc(S(C)(=O)=O)cc1.I. The molecule has 174 valence electrons. The van der Waals surface area contributed by atoms with E-state index in [1.165, 1.54) is 30.5 Å². The van der Waals surface area contributed by atoms with Crippen molar-refractivity contribution in [3.8, 4) is 5.75 Å². The number of aromatic nitrogens is 1. The predicted molar refractivity (Wildman–Crippen MR) is 136 cm³/mol. The lowest BCUT2D eigenvalue weighted by atomic mass is 10.1. The molecule has 2 aromatic carbocycles. The number of sulfone groups is 1.